The zero-order valence-electron chi connectivity index (χ0n) is 22.6. The van der Waals surface area contributed by atoms with Crippen LogP contribution in [0, 0.1) is 0 Å². The highest BCUT2D eigenvalue weighted by Gasteiger charge is 2.22. The van der Waals surface area contributed by atoms with E-state index in [9.17, 15) is 13.9 Å². The van der Waals surface area contributed by atoms with E-state index in [0.717, 1.165) is 21.5 Å². The number of aryl methyl sites for hydroxylation is 2. The molecular formula is C30H28N6O4S2. The van der Waals surface area contributed by atoms with Gasteiger partial charge in [-0.2, -0.15) is 0 Å². The summed E-state index contributed by atoms with van der Waals surface area (Å²) in [6, 6.07) is 22.3. The van der Waals surface area contributed by atoms with Crippen LogP contribution in [0.5, 0.6) is 0 Å². The van der Waals surface area contributed by atoms with Crippen molar-refractivity contribution in [2.45, 2.75) is 18.7 Å². The maximum absolute atomic E-state index is 13.3. The molecule has 0 unspecified atom stereocenters. The topological polar surface area (TPSA) is 130 Å². The molecule has 6 rings (SSSR count). The van der Waals surface area contributed by atoms with Crippen LogP contribution >= 0.6 is 22.1 Å². The zero-order chi connectivity index (χ0) is 29.1. The van der Waals surface area contributed by atoms with Gasteiger partial charge in [-0.1, -0.05) is 36.4 Å². The van der Waals surface area contributed by atoms with E-state index in [4.69, 9.17) is 9.40 Å². The number of imidazole rings is 1. The molecule has 0 atom stereocenters. The van der Waals surface area contributed by atoms with Gasteiger partial charge in [-0.25, -0.2) is 9.97 Å². The van der Waals surface area contributed by atoms with E-state index in [1.807, 2.05) is 71.4 Å². The maximum Gasteiger partial charge on any atom is 0.268 e. The van der Waals surface area contributed by atoms with Crippen molar-refractivity contribution in [3.63, 3.8) is 0 Å². The van der Waals surface area contributed by atoms with Crippen molar-refractivity contribution in [2.24, 2.45) is 0 Å². The Labute approximate surface area is 247 Å². The summed E-state index contributed by atoms with van der Waals surface area (Å²) in [5.74, 6) is 0.792. The number of hydrogen-bond acceptors (Lipinski definition) is 9. The van der Waals surface area contributed by atoms with Gasteiger partial charge >= 0.3 is 0 Å². The van der Waals surface area contributed by atoms with Gasteiger partial charge in [-0.05, 0) is 53.9 Å². The standard InChI is InChI=1S/C30H28N6O4S2/c1-35(42(38,39)19-22-6-3-2-4-7-22)23-9-10-25-24(16-23)33-30(36(25)15-13-21-8-5-14-31-17-21)34-29(37)28-12-11-27(41-28)26-18-32-20-40-26/h2-12,14,16-18,20,38-39H,13,15,19H2,1H3,(H,33,34,37). The fourth-order valence-electron chi connectivity index (χ4n) is 4.58. The summed E-state index contributed by atoms with van der Waals surface area (Å²) in [6.45, 7) is 0.546. The Morgan fingerprint density at radius 1 is 1.02 bits per heavy atom. The number of oxazole rings is 1. The Morgan fingerprint density at radius 3 is 2.62 bits per heavy atom. The number of thiophene rings is 1. The van der Waals surface area contributed by atoms with E-state index in [1.54, 1.807) is 31.6 Å². The minimum absolute atomic E-state index is 0.0973. The molecule has 0 saturated heterocycles. The number of nitrogens with zero attached hydrogens (tertiary/aromatic N) is 5. The molecule has 10 nitrogen and oxygen atoms in total. The summed E-state index contributed by atoms with van der Waals surface area (Å²) < 4.78 is 30.8. The highest BCUT2D eigenvalue weighted by molar-refractivity contribution is 8.24. The number of nitrogens with one attached hydrogen (secondary N) is 1. The molecule has 0 aliphatic heterocycles. The smallest absolute Gasteiger partial charge is 0.268 e. The SMILES string of the molecule is CN(c1ccc2c(c1)nc(NC(=O)c1ccc(-c3cnco3)s1)n2CCc1cccnc1)S(O)(O)Cc1ccccc1. The lowest BCUT2D eigenvalue weighted by molar-refractivity contribution is 0.102. The molecule has 214 valence electrons. The fourth-order valence-corrected chi connectivity index (χ4v) is 6.72. The van der Waals surface area contributed by atoms with Crippen LogP contribution in [0.3, 0.4) is 0 Å². The van der Waals surface area contributed by atoms with E-state index in [2.05, 4.69) is 15.3 Å². The Morgan fingerprint density at radius 2 is 1.86 bits per heavy atom. The van der Waals surface area contributed by atoms with E-state index in [-0.39, 0.29) is 11.7 Å². The van der Waals surface area contributed by atoms with Gasteiger partial charge in [-0.3, -0.25) is 28.5 Å². The number of aromatic nitrogens is 4. The number of anilines is 2. The average Bonchev–Trinajstić information content (AvgIpc) is 3.77. The Balaban J connectivity index is 1.30. The first kappa shape index (κ1) is 27.7. The first-order chi connectivity index (χ1) is 20.4. The van der Waals surface area contributed by atoms with Gasteiger partial charge in [0.1, 0.15) is 0 Å². The Hall–Kier alpha value is -4.49. The number of fused-ring (bicyclic) bond motifs is 1. The molecule has 3 N–H and O–H groups in total. The van der Waals surface area contributed by atoms with Gasteiger partial charge in [0.05, 0.1) is 38.4 Å². The molecule has 0 spiro atoms. The molecule has 0 aliphatic carbocycles. The molecule has 42 heavy (non-hydrogen) atoms. The molecule has 0 radical (unpaired) electrons. The minimum atomic E-state index is -3.14. The van der Waals surface area contributed by atoms with Crippen LogP contribution in [-0.4, -0.2) is 41.6 Å². The van der Waals surface area contributed by atoms with E-state index in [1.165, 1.54) is 22.0 Å². The van der Waals surface area contributed by atoms with Crippen molar-refractivity contribution >= 4 is 50.7 Å². The Bertz CT molecular complexity index is 1800. The molecule has 4 heterocycles. The lowest BCUT2D eigenvalue weighted by Crippen LogP contribution is -2.24. The van der Waals surface area contributed by atoms with Crippen LogP contribution in [0.1, 0.15) is 20.8 Å². The van der Waals surface area contributed by atoms with E-state index >= 15 is 0 Å². The van der Waals surface area contributed by atoms with Gasteiger partial charge in [0.25, 0.3) is 5.91 Å². The lowest BCUT2D eigenvalue weighted by atomic mass is 10.2. The number of rotatable bonds is 10. The van der Waals surface area contributed by atoms with Gasteiger partial charge in [0.2, 0.25) is 5.95 Å². The molecule has 0 saturated carbocycles. The van der Waals surface area contributed by atoms with Crippen LogP contribution in [0.25, 0.3) is 21.7 Å². The summed E-state index contributed by atoms with van der Waals surface area (Å²) in [4.78, 5) is 27.5. The molecule has 6 aromatic rings. The van der Waals surface area contributed by atoms with Crippen LogP contribution < -0.4 is 9.62 Å². The van der Waals surface area contributed by atoms with Crippen LogP contribution in [-0.2, 0) is 18.7 Å². The quantitative estimate of drug-likeness (QED) is 0.154. The summed E-state index contributed by atoms with van der Waals surface area (Å²) >= 11 is 1.30. The third-order valence-corrected chi connectivity index (χ3v) is 9.72. The van der Waals surface area contributed by atoms with Crippen molar-refractivity contribution in [3.8, 4) is 10.6 Å². The first-order valence-electron chi connectivity index (χ1n) is 13.1. The van der Waals surface area contributed by atoms with Gasteiger partial charge < -0.3 is 8.98 Å². The second-order valence-corrected chi connectivity index (χ2v) is 12.8. The van der Waals surface area contributed by atoms with Crippen molar-refractivity contribution in [1.82, 2.24) is 19.5 Å². The highest BCUT2D eigenvalue weighted by Crippen LogP contribution is 2.48. The van der Waals surface area contributed by atoms with Crippen LogP contribution in [0.15, 0.2) is 102 Å². The third kappa shape index (κ3) is 5.92. The molecular weight excluding hydrogens is 573 g/mol. The average molecular weight is 601 g/mol. The number of pyridine rings is 1. The van der Waals surface area contributed by atoms with Crippen molar-refractivity contribution in [1.29, 1.82) is 0 Å². The molecule has 12 heteroatoms. The predicted octanol–water partition coefficient (Wildman–Crippen LogP) is 6.94. The third-order valence-electron chi connectivity index (χ3n) is 6.81. The van der Waals surface area contributed by atoms with Crippen LogP contribution in [0.2, 0.25) is 0 Å². The molecule has 0 aliphatic rings. The number of hydrogen-bond donors (Lipinski definition) is 3. The normalized spacial score (nSPS) is 12.0. The molecule has 1 amide bonds. The maximum atomic E-state index is 13.3. The van der Waals surface area contributed by atoms with Gasteiger partial charge in [0.15, 0.2) is 12.2 Å². The summed E-state index contributed by atoms with van der Waals surface area (Å²) in [5, 5.41) is 2.98. The number of amides is 1. The second kappa shape index (κ2) is 11.8. The van der Waals surface area contributed by atoms with Crippen molar-refractivity contribution in [2.75, 3.05) is 16.7 Å². The molecule has 0 fully saturated rings. The zero-order valence-corrected chi connectivity index (χ0v) is 24.3. The largest absolute Gasteiger partial charge is 0.443 e. The summed E-state index contributed by atoms with van der Waals surface area (Å²) in [7, 11) is -1.49. The van der Waals surface area contributed by atoms with Crippen molar-refractivity contribution < 1.29 is 18.3 Å². The Kier molecular flexibility index (Phi) is 7.76. The number of carbonyl (C=O) groups is 1. The molecule has 0 bridgehead atoms. The predicted molar refractivity (Wildman–Crippen MR) is 167 cm³/mol. The van der Waals surface area contributed by atoms with Gasteiger partial charge in [-0.15, -0.1) is 22.1 Å². The summed E-state index contributed by atoms with van der Waals surface area (Å²) in [5.41, 5.74) is 3.90. The monoisotopic (exact) mass is 600 g/mol. The number of benzene rings is 2. The molecule has 2 aromatic carbocycles. The fraction of sp³-hybridized carbons (Fsp3) is 0.133. The summed E-state index contributed by atoms with van der Waals surface area (Å²) in [6.07, 6.45) is 7.19. The number of carbonyl (C=O) groups excluding carboxylic acids is 1. The van der Waals surface area contributed by atoms with Gasteiger partial charge in [0, 0.05) is 26.0 Å². The van der Waals surface area contributed by atoms with E-state index < -0.39 is 10.8 Å². The highest BCUT2D eigenvalue weighted by atomic mass is 32.3. The van der Waals surface area contributed by atoms with E-state index in [0.29, 0.717) is 40.8 Å². The first-order valence-corrected chi connectivity index (χ1v) is 15.6. The molecule has 4 aromatic heterocycles. The lowest BCUT2D eigenvalue weighted by Gasteiger charge is -2.42. The van der Waals surface area contributed by atoms with Crippen LogP contribution in [0.4, 0.5) is 11.6 Å². The van der Waals surface area contributed by atoms with Crippen molar-refractivity contribution in [3.05, 3.63) is 114 Å². The second-order valence-electron chi connectivity index (χ2n) is 9.61. The minimum Gasteiger partial charge on any atom is -0.443 e.